The number of aliphatic hydroxyl groups excluding tert-OH is 1. The van der Waals surface area contributed by atoms with E-state index in [1.54, 1.807) is 18.5 Å². The highest BCUT2D eigenvalue weighted by atomic mass is 16.3. The molecule has 21 heavy (non-hydrogen) atoms. The Bertz CT molecular complexity index is 997. The lowest BCUT2D eigenvalue weighted by Gasteiger charge is -2.08. The standard InChI is InChI=1S/C14H11N5O2/c20-7-9-4-13-17-18-14(21)19(13)12-3-8(1-2-11(9)12)10-5-15-16-6-10/h1-6,20H,7H2,(H,15,16)(H,18,21). The third-order valence-electron chi connectivity index (χ3n) is 3.59. The van der Waals surface area contributed by atoms with Gasteiger partial charge in [0.15, 0.2) is 5.65 Å². The molecule has 4 aromatic rings. The number of aliphatic hydroxyl groups is 1. The van der Waals surface area contributed by atoms with E-state index in [1.807, 2.05) is 18.2 Å². The van der Waals surface area contributed by atoms with Crippen LogP contribution in [0.15, 0.2) is 41.5 Å². The second kappa shape index (κ2) is 4.29. The predicted molar refractivity (Wildman–Crippen MR) is 76.8 cm³/mol. The van der Waals surface area contributed by atoms with Crippen molar-refractivity contribution in [1.82, 2.24) is 24.8 Å². The summed E-state index contributed by atoms with van der Waals surface area (Å²) in [6.07, 6.45) is 3.50. The molecule has 4 rings (SSSR count). The minimum atomic E-state index is -0.302. The van der Waals surface area contributed by atoms with Gasteiger partial charge in [-0.2, -0.15) is 10.2 Å². The average Bonchev–Trinajstić information content (AvgIpc) is 3.16. The van der Waals surface area contributed by atoms with Crippen molar-refractivity contribution in [3.8, 4) is 11.1 Å². The van der Waals surface area contributed by atoms with E-state index >= 15 is 0 Å². The van der Waals surface area contributed by atoms with Gasteiger partial charge >= 0.3 is 5.69 Å². The Labute approximate surface area is 117 Å². The summed E-state index contributed by atoms with van der Waals surface area (Å²) in [5.41, 5.74) is 3.48. The zero-order chi connectivity index (χ0) is 14.4. The van der Waals surface area contributed by atoms with Gasteiger partial charge in [0.05, 0.1) is 18.3 Å². The van der Waals surface area contributed by atoms with E-state index in [9.17, 15) is 9.90 Å². The van der Waals surface area contributed by atoms with Gasteiger partial charge in [0.25, 0.3) is 0 Å². The quantitative estimate of drug-likeness (QED) is 0.511. The Morgan fingerprint density at radius 1 is 1.24 bits per heavy atom. The highest BCUT2D eigenvalue weighted by Crippen LogP contribution is 2.26. The number of aromatic amines is 2. The summed E-state index contributed by atoms with van der Waals surface area (Å²) in [6, 6.07) is 7.42. The highest BCUT2D eigenvalue weighted by molar-refractivity contribution is 5.89. The lowest BCUT2D eigenvalue weighted by atomic mass is 10.0. The van der Waals surface area contributed by atoms with Crippen molar-refractivity contribution in [1.29, 1.82) is 0 Å². The van der Waals surface area contributed by atoms with Gasteiger partial charge in [0.1, 0.15) is 0 Å². The van der Waals surface area contributed by atoms with Gasteiger partial charge < -0.3 is 5.11 Å². The van der Waals surface area contributed by atoms with Gasteiger partial charge in [0.2, 0.25) is 0 Å². The van der Waals surface area contributed by atoms with Crippen LogP contribution < -0.4 is 5.69 Å². The van der Waals surface area contributed by atoms with Crippen molar-refractivity contribution in [2.24, 2.45) is 0 Å². The molecule has 0 unspecified atom stereocenters. The topological polar surface area (TPSA) is 99.1 Å². The minimum absolute atomic E-state index is 0.112. The van der Waals surface area contributed by atoms with Crippen LogP contribution in [0, 0.1) is 0 Å². The van der Waals surface area contributed by atoms with E-state index in [-0.39, 0.29) is 12.3 Å². The van der Waals surface area contributed by atoms with Crippen molar-refractivity contribution in [3.05, 3.63) is 52.7 Å². The summed E-state index contributed by atoms with van der Waals surface area (Å²) in [7, 11) is 0. The summed E-state index contributed by atoms with van der Waals surface area (Å²) in [5, 5.41) is 23.4. The van der Waals surface area contributed by atoms with Gasteiger partial charge in [0, 0.05) is 17.1 Å². The van der Waals surface area contributed by atoms with Gasteiger partial charge in [-0.15, -0.1) is 0 Å². The van der Waals surface area contributed by atoms with Crippen LogP contribution in [-0.2, 0) is 6.61 Å². The van der Waals surface area contributed by atoms with Crippen molar-refractivity contribution in [2.75, 3.05) is 0 Å². The number of aromatic nitrogens is 5. The first-order valence-corrected chi connectivity index (χ1v) is 6.41. The Hall–Kier alpha value is -2.93. The summed E-state index contributed by atoms with van der Waals surface area (Å²) < 4.78 is 1.50. The van der Waals surface area contributed by atoms with E-state index in [1.165, 1.54) is 4.40 Å². The van der Waals surface area contributed by atoms with Gasteiger partial charge in [-0.05, 0) is 23.3 Å². The zero-order valence-electron chi connectivity index (χ0n) is 10.9. The van der Waals surface area contributed by atoms with Crippen LogP contribution in [0.25, 0.3) is 27.7 Å². The molecule has 0 atom stereocenters. The SMILES string of the molecule is O=c1[nH]nc2cc(CO)c3ccc(-c4cn[nH]c4)cc3n12. The monoisotopic (exact) mass is 281 g/mol. The normalized spacial score (nSPS) is 11.5. The van der Waals surface area contributed by atoms with Gasteiger partial charge in [-0.1, -0.05) is 12.1 Å². The molecule has 3 heterocycles. The molecular formula is C14H11N5O2. The fourth-order valence-electron chi connectivity index (χ4n) is 2.58. The maximum absolute atomic E-state index is 12.0. The summed E-state index contributed by atoms with van der Waals surface area (Å²) in [4.78, 5) is 12.0. The van der Waals surface area contributed by atoms with E-state index in [4.69, 9.17) is 0 Å². The van der Waals surface area contributed by atoms with Crippen LogP contribution in [0.4, 0.5) is 0 Å². The molecule has 3 N–H and O–H groups in total. The van der Waals surface area contributed by atoms with Crippen LogP contribution in [0.1, 0.15) is 5.56 Å². The first-order chi connectivity index (χ1) is 10.3. The Kier molecular flexibility index (Phi) is 2.42. The Morgan fingerprint density at radius 2 is 2.14 bits per heavy atom. The summed E-state index contributed by atoms with van der Waals surface area (Å²) in [6.45, 7) is -0.112. The molecule has 0 radical (unpaired) electrons. The molecule has 0 spiro atoms. The maximum atomic E-state index is 12.0. The number of benzene rings is 1. The number of hydrogen-bond donors (Lipinski definition) is 3. The van der Waals surface area contributed by atoms with Crippen molar-refractivity contribution >= 4 is 16.6 Å². The first-order valence-electron chi connectivity index (χ1n) is 6.41. The number of hydrogen-bond acceptors (Lipinski definition) is 4. The molecule has 0 saturated heterocycles. The summed E-state index contributed by atoms with van der Waals surface area (Å²) in [5.74, 6) is 0. The molecule has 0 saturated carbocycles. The largest absolute Gasteiger partial charge is 0.392 e. The molecular weight excluding hydrogens is 270 g/mol. The molecule has 7 heteroatoms. The molecule has 104 valence electrons. The predicted octanol–water partition coefficient (Wildman–Crippen LogP) is 1.06. The molecule has 3 aromatic heterocycles. The smallest absolute Gasteiger partial charge is 0.348 e. The number of nitrogens with zero attached hydrogens (tertiary/aromatic N) is 3. The summed E-state index contributed by atoms with van der Waals surface area (Å²) >= 11 is 0. The maximum Gasteiger partial charge on any atom is 0.348 e. The average molecular weight is 281 g/mol. The fourth-order valence-corrected chi connectivity index (χ4v) is 2.58. The van der Waals surface area contributed by atoms with Crippen molar-refractivity contribution in [3.63, 3.8) is 0 Å². The van der Waals surface area contributed by atoms with Crippen LogP contribution >= 0.6 is 0 Å². The van der Waals surface area contributed by atoms with E-state index in [0.717, 1.165) is 22.1 Å². The highest BCUT2D eigenvalue weighted by Gasteiger charge is 2.11. The van der Waals surface area contributed by atoms with Gasteiger partial charge in [-0.25, -0.2) is 14.3 Å². The molecule has 1 aromatic carbocycles. The molecule has 7 nitrogen and oxygen atoms in total. The van der Waals surface area contributed by atoms with E-state index < -0.39 is 0 Å². The van der Waals surface area contributed by atoms with E-state index in [0.29, 0.717) is 11.2 Å². The Morgan fingerprint density at radius 3 is 2.90 bits per heavy atom. The molecule has 0 aliphatic rings. The zero-order valence-corrected chi connectivity index (χ0v) is 10.9. The van der Waals surface area contributed by atoms with Gasteiger partial charge in [-0.3, -0.25) is 5.10 Å². The minimum Gasteiger partial charge on any atom is -0.392 e. The number of H-pyrrole nitrogens is 2. The molecule has 0 aliphatic heterocycles. The molecule has 0 amide bonds. The number of fused-ring (bicyclic) bond motifs is 3. The van der Waals surface area contributed by atoms with E-state index in [2.05, 4.69) is 20.4 Å². The van der Waals surface area contributed by atoms with Crippen molar-refractivity contribution in [2.45, 2.75) is 6.61 Å². The lowest BCUT2D eigenvalue weighted by molar-refractivity contribution is 0.283. The van der Waals surface area contributed by atoms with Crippen molar-refractivity contribution < 1.29 is 5.11 Å². The second-order valence-electron chi connectivity index (χ2n) is 4.77. The second-order valence-corrected chi connectivity index (χ2v) is 4.77. The first kappa shape index (κ1) is 11.9. The number of pyridine rings is 1. The van der Waals surface area contributed by atoms with Crippen LogP contribution in [0.3, 0.4) is 0 Å². The third-order valence-corrected chi connectivity index (χ3v) is 3.59. The van der Waals surface area contributed by atoms with Crippen LogP contribution in [0.5, 0.6) is 0 Å². The molecule has 0 fully saturated rings. The van der Waals surface area contributed by atoms with Crippen LogP contribution in [0.2, 0.25) is 0 Å². The lowest BCUT2D eigenvalue weighted by Crippen LogP contribution is -2.10. The van der Waals surface area contributed by atoms with Crippen LogP contribution in [-0.4, -0.2) is 29.9 Å². The number of rotatable bonds is 2. The Balaban J connectivity index is 2.15. The fraction of sp³-hybridized carbons (Fsp3) is 0.0714. The molecule has 0 aliphatic carbocycles. The number of nitrogens with one attached hydrogen (secondary N) is 2. The third kappa shape index (κ3) is 1.68. The molecule has 0 bridgehead atoms.